The zero-order valence-corrected chi connectivity index (χ0v) is 63.8. The van der Waals surface area contributed by atoms with Crippen molar-refractivity contribution in [3.8, 4) is 0 Å². The standard InChI is InChI=1S/C77H143O24P/c1-4-7-10-13-16-19-22-25-28-30-32-34-37-40-43-46-49-52-62(80)94-57-60-65(83)67(85)72(90)77(98-60)100-74-70(88)68(86)69(87)73(99-76-71(89)66(84)64(82)59(54-78)97-76)75(74)101-102(91,92)95-56-58(55-93-61(79)51-48-45-42-39-36-33-27-24-21-18-15-12-9-6-3)96-63(81)53-50-47-44-41-38-35-31-29-26-23-20-17-14-11-8-5-2/h33,36,58-60,64-78,82-90H,4-32,34-35,37-57H2,1-3H3,(H,91,92)/b36-33-. The smallest absolute Gasteiger partial charge is 0.463 e. The maximum absolute atomic E-state index is 14.4. The third kappa shape index (κ3) is 40.8. The van der Waals surface area contributed by atoms with Crippen molar-refractivity contribution in [3.63, 3.8) is 0 Å². The molecule has 0 aromatic carbocycles. The molecule has 0 spiro atoms. The van der Waals surface area contributed by atoms with Gasteiger partial charge in [0.05, 0.1) is 13.2 Å². The lowest BCUT2D eigenvalue weighted by molar-refractivity contribution is -0.360. The zero-order valence-electron chi connectivity index (χ0n) is 62.9. The number of unbranched alkanes of at least 4 members (excludes halogenated alkanes) is 41. The van der Waals surface area contributed by atoms with Crippen molar-refractivity contribution in [2.45, 2.75) is 433 Å². The van der Waals surface area contributed by atoms with Gasteiger partial charge in [0.2, 0.25) is 0 Å². The van der Waals surface area contributed by atoms with E-state index < -0.39 is 156 Å². The molecule has 2 heterocycles. The first-order valence-corrected chi connectivity index (χ1v) is 42.0. The quantitative estimate of drug-likeness (QED) is 0.00886. The van der Waals surface area contributed by atoms with Gasteiger partial charge in [-0.1, -0.05) is 277 Å². The van der Waals surface area contributed by atoms with Crippen LogP contribution in [0.5, 0.6) is 0 Å². The Morgan fingerprint density at radius 2 is 0.686 bits per heavy atom. The van der Waals surface area contributed by atoms with Crippen LogP contribution in [-0.4, -0.2) is 204 Å². The highest BCUT2D eigenvalue weighted by atomic mass is 31.2. The average molecular weight is 1480 g/mol. The molecule has 18 unspecified atom stereocenters. The second-order valence-electron chi connectivity index (χ2n) is 29.1. The Labute approximate surface area is 612 Å². The van der Waals surface area contributed by atoms with E-state index in [0.717, 1.165) is 96.3 Å². The van der Waals surface area contributed by atoms with Gasteiger partial charge < -0.3 is 89.1 Å². The lowest BCUT2D eigenvalue weighted by Crippen LogP contribution is -2.69. The molecule has 18 atom stereocenters. The number of rotatable bonds is 64. The molecule has 3 fully saturated rings. The van der Waals surface area contributed by atoms with Crippen molar-refractivity contribution in [2.75, 3.05) is 26.4 Å². The molecule has 0 amide bonds. The van der Waals surface area contributed by atoms with Crippen LogP contribution in [0.15, 0.2) is 12.2 Å². The van der Waals surface area contributed by atoms with Crippen LogP contribution in [0.2, 0.25) is 0 Å². The van der Waals surface area contributed by atoms with E-state index in [9.17, 15) is 74.9 Å². The summed E-state index contributed by atoms with van der Waals surface area (Å²) >= 11 is 0. The largest absolute Gasteiger partial charge is 0.472 e. The van der Waals surface area contributed by atoms with Gasteiger partial charge in [0, 0.05) is 19.3 Å². The summed E-state index contributed by atoms with van der Waals surface area (Å²) in [5.41, 5.74) is 0. The molecule has 3 aliphatic rings. The molecular weight excluding hydrogens is 1340 g/mol. The maximum Gasteiger partial charge on any atom is 0.472 e. The fraction of sp³-hybridized carbons (Fsp3) is 0.935. The summed E-state index contributed by atoms with van der Waals surface area (Å²) in [7, 11) is -5.70. The summed E-state index contributed by atoms with van der Waals surface area (Å²) in [6.45, 7) is 3.48. The highest BCUT2D eigenvalue weighted by Crippen LogP contribution is 2.49. The molecule has 600 valence electrons. The fourth-order valence-electron chi connectivity index (χ4n) is 13.5. The van der Waals surface area contributed by atoms with Gasteiger partial charge in [-0.25, -0.2) is 4.57 Å². The highest BCUT2D eigenvalue weighted by Gasteiger charge is 2.58. The molecule has 1 saturated carbocycles. The van der Waals surface area contributed by atoms with Crippen molar-refractivity contribution in [1.29, 1.82) is 0 Å². The molecular formula is C77H143O24P. The summed E-state index contributed by atoms with van der Waals surface area (Å²) < 4.78 is 65.2. The number of phosphoric acid groups is 1. The number of hydrogen-bond acceptors (Lipinski definition) is 23. The summed E-state index contributed by atoms with van der Waals surface area (Å²) in [6, 6.07) is 0. The Bertz CT molecular complexity index is 2150. The van der Waals surface area contributed by atoms with E-state index >= 15 is 0 Å². The maximum atomic E-state index is 14.4. The summed E-state index contributed by atoms with van der Waals surface area (Å²) in [6.07, 6.45) is 19.6. The van der Waals surface area contributed by atoms with Crippen LogP contribution in [0.4, 0.5) is 0 Å². The summed E-state index contributed by atoms with van der Waals surface area (Å²) in [5, 5.41) is 110. The molecule has 25 heteroatoms. The molecule has 0 aromatic heterocycles. The van der Waals surface area contributed by atoms with E-state index in [4.69, 9.17) is 42.2 Å². The first kappa shape index (κ1) is 93.9. The number of esters is 3. The van der Waals surface area contributed by atoms with Gasteiger partial charge in [-0.05, 0) is 44.9 Å². The van der Waals surface area contributed by atoms with Gasteiger partial charge >= 0.3 is 25.7 Å². The summed E-state index contributed by atoms with van der Waals surface area (Å²) in [4.78, 5) is 51.1. The van der Waals surface area contributed by atoms with Crippen LogP contribution in [0.25, 0.3) is 0 Å². The van der Waals surface area contributed by atoms with E-state index in [-0.39, 0.29) is 19.3 Å². The lowest BCUT2D eigenvalue weighted by atomic mass is 9.84. The van der Waals surface area contributed by atoms with Crippen LogP contribution >= 0.6 is 7.82 Å². The van der Waals surface area contributed by atoms with Crippen LogP contribution < -0.4 is 0 Å². The molecule has 0 aromatic rings. The number of phosphoric ester groups is 1. The van der Waals surface area contributed by atoms with Gasteiger partial charge in [0.15, 0.2) is 18.7 Å². The van der Waals surface area contributed by atoms with Crippen LogP contribution in [-0.2, 0) is 61.2 Å². The Morgan fingerprint density at radius 1 is 0.373 bits per heavy atom. The van der Waals surface area contributed by atoms with E-state index in [1.54, 1.807) is 0 Å². The number of carbonyl (C=O) groups excluding carboxylic acids is 3. The predicted octanol–water partition coefficient (Wildman–Crippen LogP) is 12.3. The van der Waals surface area contributed by atoms with Gasteiger partial charge in [0.1, 0.15) is 98.7 Å². The van der Waals surface area contributed by atoms with Crippen molar-refractivity contribution in [2.24, 2.45) is 0 Å². The van der Waals surface area contributed by atoms with E-state index in [2.05, 4.69) is 32.9 Å². The minimum absolute atomic E-state index is 0.0282. The normalized spacial score (nSPS) is 27.0. The molecule has 0 bridgehead atoms. The Balaban J connectivity index is 1.70. The third-order valence-electron chi connectivity index (χ3n) is 20.0. The number of allylic oxidation sites excluding steroid dienone is 2. The van der Waals surface area contributed by atoms with Gasteiger partial charge in [-0.3, -0.25) is 23.4 Å². The number of hydrogen-bond donors (Lipinski definition) is 11. The first-order chi connectivity index (χ1) is 49.3. The monoisotopic (exact) mass is 1480 g/mol. The second kappa shape index (κ2) is 58.7. The van der Waals surface area contributed by atoms with E-state index in [0.29, 0.717) is 19.3 Å². The molecule has 24 nitrogen and oxygen atoms in total. The topological polar surface area (TPSA) is 374 Å². The molecule has 11 N–H and O–H groups in total. The molecule has 2 aliphatic heterocycles. The molecule has 3 rings (SSSR count). The Kier molecular flexibility index (Phi) is 54.0. The Hall–Kier alpha value is -2.30. The van der Waals surface area contributed by atoms with Gasteiger partial charge in [-0.15, -0.1) is 0 Å². The Morgan fingerprint density at radius 3 is 1.07 bits per heavy atom. The van der Waals surface area contributed by atoms with Crippen LogP contribution in [0.1, 0.15) is 329 Å². The SMILES string of the molecule is CCCCCCCCC/C=C\CCCCCC(=O)OCC(COP(=O)(O)OC1C(OC2OC(CO)C(O)C(O)C2O)C(O)C(O)C(O)C1OC1OC(COC(=O)CCCCCCCCCCCCCCCCCCC)C(O)C(O)C1O)OC(=O)CCCCCCCCCCCCCCCCCC. The molecule has 0 radical (unpaired) electrons. The fourth-order valence-corrected chi connectivity index (χ4v) is 14.4. The zero-order chi connectivity index (χ0) is 74.6. The van der Waals surface area contributed by atoms with Gasteiger partial charge in [0.25, 0.3) is 0 Å². The highest BCUT2D eigenvalue weighted by molar-refractivity contribution is 7.47. The molecule has 1 aliphatic carbocycles. The number of ether oxygens (including phenoxy) is 7. The predicted molar refractivity (Wildman–Crippen MR) is 388 cm³/mol. The third-order valence-corrected chi connectivity index (χ3v) is 21.0. The van der Waals surface area contributed by atoms with Crippen molar-refractivity contribution in [3.05, 3.63) is 12.2 Å². The molecule has 2 saturated heterocycles. The lowest BCUT2D eigenvalue weighted by Gasteiger charge is -2.49. The first-order valence-electron chi connectivity index (χ1n) is 40.5. The van der Waals surface area contributed by atoms with Crippen molar-refractivity contribution < 1.29 is 117 Å². The van der Waals surface area contributed by atoms with Gasteiger partial charge in [-0.2, -0.15) is 0 Å². The van der Waals surface area contributed by atoms with Crippen molar-refractivity contribution >= 4 is 25.7 Å². The minimum Gasteiger partial charge on any atom is -0.463 e. The van der Waals surface area contributed by atoms with Crippen LogP contribution in [0.3, 0.4) is 0 Å². The molecule has 102 heavy (non-hydrogen) atoms. The van der Waals surface area contributed by atoms with Crippen LogP contribution in [0, 0.1) is 0 Å². The summed E-state index contributed by atoms with van der Waals surface area (Å²) in [5.74, 6) is -1.99. The average Bonchev–Trinajstić information content (AvgIpc) is 0.761. The second-order valence-corrected chi connectivity index (χ2v) is 30.5. The number of carbonyl (C=O) groups is 3. The number of aliphatic hydroxyl groups excluding tert-OH is 10. The van der Waals surface area contributed by atoms with E-state index in [1.165, 1.54) is 173 Å². The van der Waals surface area contributed by atoms with Crippen molar-refractivity contribution in [1.82, 2.24) is 0 Å². The number of aliphatic hydroxyl groups is 10. The van der Waals surface area contributed by atoms with E-state index in [1.807, 2.05) is 0 Å². The minimum atomic E-state index is -5.70.